The zero-order valence-corrected chi connectivity index (χ0v) is 21.0. The Morgan fingerprint density at radius 2 is 1.80 bits per heavy atom. The normalized spacial score (nSPS) is 17.3. The molecule has 35 heavy (non-hydrogen) atoms. The number of likely N-dealkylation sites (tertiary alicyclic amines) is 1. The van der Waals surface area contributed by atoms with Crippen molar-refractivity contribution in [3.8, 4) is 17.2 Å². The highest BCUT2D eigenvalue weighted by Crippen LogP contribution is 2.46. The van der Waals surface area contributed by atoms with Crippen LogP contribution in [-0.2, 0) is 9.59 Å². The zero-order valence-electron chi connectivity index (χ0n) is 21.0. The molecule has 3 rings (SSSR count). The number of rotatable bonds is 10. The number of methoxy groups -OCH3 is 2. The number of hydrogen-bond acceptors (Lipinski definition) is 7. The summed E-state index contributed by atoms with van der Waals surface area (Å²) in [6, 6.07) is 9.04. The number of carbonyl (C=O) groups is 2. The Balaban J connectivity index is 2.18. The number of hydrogen-bond donors (Lipinski definition) is 2. The Morgan fingerprint density at radius 3 is 2.43 bits per heavy atom. The van der Waals surface area contributed by atoms with Crippen LogP contribution >= 0.6 is 0 Å². The first-order chi connectivity index (χ1) is 16.8. The van der Waals surface area contributed by atoms with Gasteiger partial charge in [0.05, 0.1) is 31.4 Å². The van der Waals surface area contributed by atoms with Gasteiger partial charge in [-0.3, -0.25) is 9.59 Å². The summed E-state index contributed by atoms with van der Waals surface area (Å²) < 4.78 is 11.1. The number of phenolic OH excluding ortho intramolecular Hbond substituents is 1. The summed E-state index contributed by atoms with van der Waals surface area (Å²) >= 11 is 0. The fourth-order valence-electron chi connectivity index (χ4n) is 4.55. The maximum atomic E-state index is 13.3. The molecular weight excluding hydrogens is 448 g/mol. The summed E-state index contributed by atoms with van der Waals surface area (Å²) in [5, 5.41) is 21.7. The molecule has 2 N–H and O–H groups in total. The van der Waals surface area contributed by atoms with E-state index in [-0.39, 0.29) is 16.9 Å². The number of aromatic hydroxyl groups is 1. The second kappa shape index (κ2) is 11.3. The van der Waals surface area contributed by atoms with Crippen molar-refractivity contribution in [3.63, 3.8) is 0 Å². The number of carbonyl (C=O) groups excluding carboxylic acids is 2. The van der Waals surface area contributed by atoms with Crippen molar-refractivity contribution in [2.24, 2.45) is 0 Å². The average molecular weight is 483 g/mol. The third-order valence-corrected chi connectivity index (χ3v) is 6.44. The summed E-state index contributed by atoms with van der Waals surface area (Å²) in [6.45, 7) is 8.80. The van der Waals surface area contributed by atoms with Crippen LogP contribution in [0, 0.1) is 6.92 Å². The molecule has 188 valence electrons. The number of Topliss-reactive ketones (excluding diaryl/α,β-unsaturated/α-hetero) is 1. The van der Waals surface area contributed by atoms with Crippen molar-refractivity contribution in [2.45, 2.75) is 33.2 Å². The SMILES string of the molecule is CCN(CC)CCCN1C(=O)C(=O)C(=C(O)c2cc(C)ccc2O)C1c1cccc(OC)c1OC. The Hall–Kier alpha value is -3.52. The van der Waals surface area contributed by atoms with Gasteiger partial charge in [-0.1, -0.05) is 37.6 Å². The molecule has 1 heterocycles. The second-order valence-corrected chi connectivity index (χ2v) is 8.48. The van der Waals surface area contributed by atoms with Crippen LogP contribution in [0.15, 0.2) is 42.0 Å². The largest absolute Gasteiger partial charge is 0.507 e. The summed E-state index contributed by atoms with van der Waals surface area (Å²) in [6.07, 6.45) is 0.646. The van der Waals surface area contributed by atoms with E-state index in [0.717, 1.165) is 25.2 Å². The number of ketones is 1. The molecule has 1 amide bonds. The zero-order chi connectivity index (χ0) is 25.7. The van der Waals surface area contributed by atoms with E-state index < -0.39 is 23.5 Å². The van der Waals surface area contributed by atoms with Gasteiger partial charge in [0.15, 0.2) is 11.5 Å². The molecule has 2 aromatic carbocycles. The Bertz CT molecular complexity index is 1120. The lowest BCUT2D eigenvalue weighted by Gasteiger charge is -2.28. The molecule has 0 spiro atoms. The lowest BCUT2D eigenvalue weighted by Crippen LogP contribution is -2.33. The van der Waals surface area contributed by atoms with Gasteiger partial charge in [-0.15, -0.1) is 0 Å². The van der Waals surface area contributed by atoms with E-state index in [0.29, 0.717) is 30.0 Å². The van der Waals surface area contributed by atoms with Gasteiger partial charge in [0.1, 0.15) is 11.5 Å². The molecule has 1 unspecified atom stereocenters. The van der Waals surface area contributed by atoms with Gasteiger partial charge < -0.3 is 29.5 Å². The highest BCUT2D eigenvalue weighted by molar-refractivity contribution is 6.46. The summed E-state index contributed by atoms with van der Waals surface area (Å²) in [7, 11) is 2.99. The number of para-hydroxylation sites is 1. The van der Waals surface area contributed by atoms with E-state index in [1.807, 2.05) is 6.92 Å². The highest BCUT2D eigenvalue weighted by atomic mass is 16.5. The average Bonchev–Trinajstić information content (AvgIpc) is 3.11. The molecule has 1 saturated heterocycles. The topological polar surface area (TPSA) is 99.5 Å². The van der Waals surface area contributed by atoms with Gasteiger partial charge in [0.25, 0.3) is 11.7 Å². The fraction of sp³-hybridized carbons (Fsp3) is 0.407. The van der Waals surface area contributed by atoms with E-state index in [4.69, 9.17) is 9.47 Å². The van der Waals surface area contributed by atoms with Crippen LogP contribution in [0.3, 0.4) is 0 Å². The molecule has 1 atom stereocenters. The summed E-state index contributed by atoms with van der Waals surface area (Å²) in [5.41, 5.74) is 1.30. The number of amides is 1. The van der Waals surface area contributed by atoms with E-state index in [1.165, 1.54) is 25.2 Å². The first-order valence-electron chi connectivity index (χ1n) is 11.8. The Morgan fingerprint density at radius 1 is 1.09 bits per heavy atom. The number of nitrogens with zero attached hydrogens (tertiary/aromatic N) is 2. The second-order valence-electron chi connectivity index (χ2n) is 8.48. The molecular formula is C27H34N2O6. The molecule has 2 aromatic rings. The van der Waals surface area contributed by atoms with Crippen LogP contribution in [-0.4, -0.2) is 72.1 Å². The minimum Gasteiger partial charge on any atom is -0.507 e. The lowest BCUT2D eigenvalue weighted by molar-refractivity contribution is -0.140. The summed E-state index contributed by atoms with van der Waals surface area (Å²) in [5.74, 6) is -1.30. The molecule has 1 fully saturated rings. The number of aliphatic hydroxyl groups is 1. The van der Waals surface area contributed by atoms with Crippen molar-refractivity contribution >= 4 is 17.4 Å². The minimum atomic E-state index is -0.906. The van der Waals surface area contributed by atoms with Crippen LogP contribution < -0.4 is 9.47 Å². The maximum absolute atomic E-state index is 13.3. The molecule has 0 aromatic heterocycles. The first-order valence-corrected chi connectivity index (χ1v) is 11.8. The van der Waals surface area contributed by atoms with E-state index >= 15 is 0 Å². The van der Waals surface area contributed by atoms with Crippen molar-refractivity contribution in [1.29, 1.82) is 0 Å². The molecule has 8 heteroatoms. The molecule has 0 saturated carbocycles. The number of benzene rings is 2. The molecule has 1 aliphatic rings. The smallest absolute Gasteiger partial charge is 0.295 e. The maximum Gasteiger partial charge on any atom is 0.295 e. The highest BCUT2D eigenvalue weighted by Gasteiger charge is 2.47. The van der Waals surface area contributed by atoms with E-state index in [9.17, 15) is 19.8 Å². The summed E-state index contributed by atoms with van der Waals surface area (Å²) in [4.78, 5) is 30.3. The molecule has 1 aliphatic heterocycles. The van der Waals surface area contributed by atoms with Crippen LogP contribution in [0.4, 0.5) is 0 Å². The van der Waals surface area contributed by atoms with Gasteiger partial charge in [-0.25, -0.2) is 0 Å². The number of aliphatic hydroxyl groups excluding tert-OH is 1. The van der Waals surface area contributed by atoms with Crippen LogP contribution in [0.1, 0.15) is 43.0 Å². The van der Waals surface area contributed by atoms with Gasteiger partial charge in [0, 0.05) is 12.1 Å². The Labute approximate surface area is 206 Å². The van der Waals surface area contributed by atoms with Gasteiger partial charge in [0.2, 0.25) is 0 Å². The number of ether oxygens (including phenoxy) is 2. The predicted molar refractivity (Wildman–Crippen MR) is 134 cm³/mol. The van der Waals surface area contributed by atoms with Crippen molar-refractivity contribution in [3.05, 3.63) is 58.7 Å². The van der Waals surface area contributed by atoms with Gasteiger partial charge in [-0.2, -0.15) is 0 Å². The van der Waals surface area contributed by atoms with Crippen molar-refractivity contribution < 1.29 is 29.3 Å². The van der Waals surface area contributed by atoms with E-state index in [2.05, 4.69) is 18.7 Å². The van der Waals surface area contributed by atoms with Crippen LogP contribution in [0.5, 0.6) is 17.2 Å². The van der Waals surface area contributed by atoms with Crippen molar-refractivity contribution in [2.75, 3.05) is 40.4 Å². The van der Waals surface area contributed by atoms with E-state index in [1.54, 1.807) is 30.3 Å². The predicted octanol–water partition coefficient (Wildman–Crippen LogP) is 3.87. The van der Waals surface area contributed by atoms with Crippen molar-refractivity contribution in [1.82, 2.24) is 9.80 Å². The lowest BCUT2D eigenvalue weighted by atomic mass is 9.93. The third kappa shape index (κ3) is 5.12. The minimum absolute atomic E-state index is 0.0923. The fourth-order valence-corrected chi connectivity index (χ4v) is 4.55. The number of aryl methyl sites for hydroxylation is 1. The number of phenols is 1. The molecule has 0 bridgehead atoms. The molecule has 8 nitrogen and oxygen atoms in total. The quantitative estimate of drug-likeness (QED) is 0.301. The van der Waals surface area contributed by atoms with Crippen LogP contribution in [0.2, 0.25) is 0 Å². The monoisotopic (exact) mass is 482 g/mol. The Kier molecular flexibility index (Phi) is 8.40. The van der Waals surface area contributed by atoms with Gasteiger partial charge in [-0.05, 0) is 51.2 Å². The third-order valence-electron chi connectivity index (χ3n) is 6.44. The van der Waals surface area contributed by atoms with Gasteiger partial charge >= 0.3 is 0 Å². The standard InChI is InChI=1S/C27H34N2O6/c1-6-28(7-2)14-9-15-29-23(18-10-8-11-21(34-4)26(18)35-5)22(25(32)27(29)33)24(31)19-16-17(3)12-13-20(19)30/h8,10-13,16,23,30-31H,6-7,9,14-15H2,1-5H3. The molecule has 0 radical (unpaired) electrons. The van der Waals surface area contributed by atoms with Crippen LogP contribution in [0.25, 0.3) is 5.76 Å². The first kappa shape index (κ1) is 26.1. The molecule has 0 aliphatic carbocycles.